The zero-order valence-electron chi connectivity index (χ0n) is 8.67. The van der Waals surface area contributed by atoms with E-state index in [-0.39, 0.29) is 6.79 Å². The molecule has 1 aliphatic heterocycles. The second kappa shape index (κ2) is 4.10. The molecule has 0 saturated carbocycles. The number of hydrogen-bond acceptors (Lipinski definition) is 5. The Morgan fingerprint density at radius 1 is 1.19 bits per heavy atom. The lowest BCUT2D eigenvalue weighted by Crippen LogP contribution is -1.95. The molecule has 0 aliphatic carbocycles. The molecule has 84 valence electrons. The van der Waals surface area contributed by atoms with E-state index in [0.29, 0.717) is 33.0 Å². The third-order valence-corrected chi connectivity index (χ3v) is 2.95. The summed E-state index contributed by atoms with van der Waals surface area (Å²) in [6.45, 7) is 0.0867. The molecule has 1 aliphatic rings. The number of nitrogens with zero attached hydrogens (tertiary/aromatic N) is 1. The highest BCUT2D eigenvalue weighted by Gasteiger charge is 2.30. The number of halogens is 1. The van der Waals surface area contributed by atoms with Crippen molar-refractivity contribution in [3.05, 3.63) is 10.0 Å². The minimum atomic E-state index is 0.0867. The quantitative estimate of drug-likeness (QED) is 0.832. The van der Waals surface area contributed by atoms with Crippen molar-refractivity contribution in [2.45, 2.75) is 0 Å². The van der Waals surface area contributed by atoms with E-state index in [0.717, 1.165) is 0 Å². The van der Waals surface area contributed by atoms with Gasteiger partial charge in [-0.2, -0.15) is 5.26 Å². The Morgan fingerprint density at radius 2 is 1.75 bits per heavy atom. The Bertz CT molecular complexity index is 477. The van der Waals surface area contributed by atoms with E-state index in [1.807, 2.05) is 6.07 Å². The first-order valence-electron chi connectivity index (χ1n) is 4.37. The first-order valence-corrected chi connectivity index (χ1v) is 5.17. The van der Waals surface area contributed by atoms with Gasteiger partial charge in [-0.15, -0.1) is 0 Å². The molecule has 0 spiro atoms. The van der Waals surface area contributed by atoms with Crippen molar-refractivity contribution in [3.8, 4) is 29.1 Å². The van der Waals surface area contributed by atoms with E-state index < -0.39 is 0 Å². The van der Waals surface area contributed by atoms with Crippen LogP contribution in [0.5, 0.6) is 23.0 Å². The molecular formula is C10H8BrNO4. The monoisotopic (exact) mass is 285 g/mol. The summed E-state index contributed by atoms with van der Waals surface area (Å²) in [5.41, 5.74) is 0.323. The fourth-order valence-corrected chi connectivity index (χ4v) is 2.13. The van der Waals surface area contributed by atoms with Gasteiger partial charge in [-0.1, -0.05) is 0 Å². The van der Waals surface area contributed by atoms with Crippen molar-refractivity contribution in [3.63, 3.8) is 0 Å². The molecular weight excluding hydrogens is 278 g/mol. The molecule has 1 aromatic carbocycles. The van der Waals surface area contributed by atoms with E-state index in [2.05, 4.69) is 15.9 Å². The first kappa shape index (κ1) is 10.9. The molecule has 1 heterocycles. The Balaban J connectivity index is 2.79. The van der Waals surface area contributed by atoms with Gasteiger partial charge in [-0.05, 0) is 15.9 Å². The number of fused-ring (bicyclic) bond motifs is 1. The summed E-state index contributed by atoms with van der Waals surface area (Å²) in [6, 6.07) is 2.03. The van der Waals surface area contributed by atoms with Crippen LogP contribution in [0, 0.1) is 11.3 Å². The normalized spacial score (nSPS) is 12.1. The third-order valence-electron chi connectivity index (χ3n) is 2.19. The lowest BCUT2D eigenvalue weighted by molar-refractivity contribution is 0.168. The van der Waals surface area contributed by atoms with E-state index in [1.165, 1.54) is 14.2 Å². The van der Waals surface area contributed by atoms with Crippen molar-refractivity contribution in [1.29, 1.82) is 5.26 Å². The van der Waals surface area contributed by atoms with Gasteiger partial charge in [0.1, 0.15) is 11.6 Å². The highest BCUT2D eigenvalue weighted by atomic mass is 79.9. The molecule has 0 saturated heterocycles. The van der Waals surface area contributed by atoms with Crippen LogP contribution in [0.25, 0.3) is 0 Å². The molecule has 6 heteroatoms. The van der Waals surface area contributed by atoms with Crippen molar-refractivity contribution >= 4 is 15.9 Å². The molecule has 0 fully saturated rings. The number of hydrogen-bond donors (Lipinski definition) is 0. The van der Waals surface area contributed by atoms with Crippen LogP contribution in [0.4, 0.5) is 0 Å². The Morgan fingerprint density at radius 3 is 2.25 bits per heavy atom. The van der Waals surface area contributed by atoms with Gasteiger partial charge in [-0.3, -0.25) is 0 Å². The molecule has 2 rings (SSSR count). The highest BCUT2D eigenvalue weighted by molar-refractivity contribution is 9.10. The third kappa shape index (κ3) is 1.36. The van der Waals surface area contributed by atoms with Gasteiger partial charge < -0.3 is 18.9 Å². The maximum Gasteiger partial charge on any atom is 0.231 e. The molecule has 0 bridgehead atoms. The summed E-state index contributed by atoms with van der Waals surface area (Å²) >= 11 is 3.28. The standard InChI is InChI=1S/C10H8BrNO4/c1-13-7-5(3-12)6(11)8(14-2)10-9(7)15-4-16-10/h4H2,1-2H3. The van der Waals surface area contributed by atoms with Crippen LogP contribution < -0.4 is 18.9 Å². The SMILES string of the molecule is COc1c(Br)c(C#N)c(OC)c2c1OCO2. The second-order valence-corrected chi connectivity index (χ2v) is 3.73. The van der Waals surface area contributed by atoms with Crippen molar-refractivity contribution in [1.82, 2.24) is 0 Å². The summed E-state index contributed by atoms with van der Waals surface area (Å²) in [6.07, 6.45) is 0. The van der Waals surface area contributed by atoms with Gasteiger partial charge in [0, 0.05) is 0 Å². The summed E-state index contributed by atoms with van der Waals surface area (Å²) in [4.78, 5) is 0. The topological polar surface area (TPSA) is 60.7 Å². The van der Waals surface area contributed by atoms with Crippen molar-refractivity contribution in [2.24, 2.45) is 0 Å². The molecule has 0 amide bonds. The molecule has 0 aromatic heterocycles. The van der Waals surface area contributed by atoms with E-state index in [4.69, 9.17) is 24.2 Å². The van der Waals surface area contributed by atoms with E-state index in [1.54, 1.807) is 0 Å². The number of ether oxygens (including phenoxy) is 4. The molecule has 1 aromatic rings. The van der Waals surface area contributed by atoms with Crippen LogP contribution in [0.2, 0.25) is 0 Å². The molecule has 0 unspecified atom stereocenters. The number of rotatable bonds is 2. The zero-order valence-corrected chi connectivity index (χ0v) is 10.3. The van der Waals surface area contributed by atoms with Crippen molar-refractivity contribution < 1.29 is 18.9 Å². The number of methoxy groups -OCH3 is 2. The van der Waals surface area contributed by atoms with E-state index in [9.17, 15) is 0 Å². The fourth-order valence-electron chi connectivity index (χ4n) is 1.52. The van der Waals surface area contributed by atoms with Gasteiger partial charge in [-0.25, -0.2) is 0 Å². The zero-order chi connectivity index (χ0) is 11.7. The smallest absolute Gasteiger partial charge is 0.231 e. The van der Waals surface area contributed by atoms with Crippen LogP contribution >= 0.6 is 15.9 Å². The second-order valence-electron chi connectivity index (χ2n) is 2.93. The molecule has 0 atom stereocenters. The van der Waals surface area contributed by atoms with Crippen LogP contribution in [0.1, 0.15) is 5.56 Å². The van der Waals surface area contributed by atoms with Crippen LogP contribution in [-0.4, -0.2) is 21.0 Å². The lowest BCUT2D eigenvalue weighted by atomic mass is 10.1. The van der Waals surface area contributed by atoms with Gasteiger partial charge in [0.2, 0.25) is 18.3 Å². The number of nitriles is 1. The predicted octanol–water partition coefficient (Wildman–Crippen LogP) is 2.07. The van der Waals surface area contributed by atoms with Gasteiger partial charge in [0.05, 0.1) is 18.7 Å². The Labute approximate surface area is 101 Å². The first-order chi connectivity index (χ1) is 7.74. The minimum absolute atomic E-state index is 0.0867. The summed E-state index contributed by atoms with van der Waals surface area (Å²) < 4.78 is 21.4. The molecule has 16 heavy (non-hydrogen) atoms. The predicted molar refractivity (Wildman–Crippen MR) is 58.1 cm³/mol. The summed E-state index contributed by atoms with van der Waals surface area (Å²) in [7, 11) is 2.97. The van der Waals surface area contributed by atoms with Crippen LogP contribution in [0.15, 0.2) is 4.47 Å². The maximum absolute atomic E-state index is 9.07. The summed E-state index contributed by atoms with van der Waals surface area (Å²) in [5.74, 6) is 1.64. The average molecular weight is 286 g/mol. The lowest BCUT2D eigenvalue weighted by Gasteiger charge is -2.12. The number of benzene rings is 1. The molecule has 0 radical (unpaired) electrons. The van der Waals surface area contributed by atoms with Crippen LogP contribution in [-0.2, 0) is 0 Å². The Kier molecular flexibility index (Phi) is 2.79. The van der Waals surface area contributed by atoms with Gasteiger partial charge in [0.25, 0.3) is 0 Å². The Hall–Kier alpha value is -1.61. The summed E-state index contributed by atoms with van der Waals surface area (Å²) in [5, 5.41) is 9.07. The largest absolute Gasteiger partial charge is 0.492 e. The van der Waals surface area contributed by atoms with Gasteiger partial charge >= 0.3 is 0 Å². The highest BCUT2D eigenvalue weighted by Crippen LogP contribution is 2.53. The average Bonchev–Trinajstić information content (AvgIpc) is 2.76. The fraction of sp³-hybridized carbons (Fsp3) is 0.300. The minimum Gasteiger partial charge on any atom is -0.492 e. The van der Waals surface area contributed by atoms with E-state index >= 15 is 0 Å². The van der Waals surface area contributed by atoms with Crippen LogP contribution in [0.3, 0.4) is 0 Å². The van der Waals surface area contributed by atoms with Gasteiger partial charge in [0.15, 0.2) is 11.5 Å². The van der Waals surface area contributed by atoms with Crippen molar-refractivity contribution in [2.75, 3.05) is 21.0 Å². The molecule has 5 nitrogen and oxygen atoms in total. The maximum atomic E-state index is 9.07. The molecule has 0 N–H and O–H groups in total.